The van der Waals surface area contributed by atoms with Gasteiger partial charge in [-0.25, -0.2) is 4.68 Å². The third-order valence-corrected chi connectivity index (χ3v) is 4.85. The Bertz CT molecular complexity index is 968. The third-order valence-electron chi connectivity index (χ3n) is 4.85. The van der Waals surface area contributed by atoms with E-state index in [4.69, 9.17) is 4.42 Å². The lowest BCUT2D eigenvalue weighted by atomic mass is 10.0. The van der Waals surface area contributed by atoms with Gasteiger partial charge in [-0.2, -0.15) is 18.3 Å². The van der Waals surface area contributed by atoms with E-state index in [0.717, 1.165) is 10.2 Å². The fraction of sp³-hybridized carbons (Fsp3) is 0.300. The molecule has 3 aromatic rings. The van der Waals surface area contributed by atoms with Crippen LogP contribution in [-0.2, 0) is 6.42 Å². The van der Waals surface area contributed by atoms with E-state index in [9.17, 15) is 18.0 Å². The molecule has 29 heavy (non-hydrogen) atoms. The number of alkyl halides is 3. The van der Waals surface area contributed by atoms with Crippen LogP contribution in [0.5, 0.6) is 0 Å². The molecule has 2 aromatic heterocycles. The van der Waals surface area contributed by atoms with E-state index in [1.807, 2.05) is 30.3 Å². The van der Waals surface area contributed by atoms with E-state index in [1.165, 1.54) is 12.3 Å². The highest BCUT2D eigenvalue weighted by molar-refractivity contribution is 5.93. The fourth-order valence-corrected chi connectivity index (χ4v) is 3.42. The molecule has 1 aromatic carbocycles. The Balaban J connectivity index is 1.50. The minimum atomic E-state index is -4.51. The van der Waals surface area contributed by atoms with Crippen molar-refractivity contribution >= 4 is 11.7 Å². The Morgan fingerprint density at radius 2 is 2.03 bits per heavy atom. The molecule has 1 aliphatic heterocycles. The van der Waals surface area contributed by atoms with Crippen LogP contribution in [0.1, 0.15) is 40.3 Å². The topological polar surface area (TPSA) is 72.1 Å². The molecule has 152 valence electrons. The minimum absolute atomic E-state index is 0.0603. The van der Waals surface area contributed by atoms with Crippen molar-refractivity contribution in [3.63, 3.8) is 0 Å². The second kappa shape index (κ2) is 7.65. The summed E-state index contributed by atoms with van der Waals surface area (Å²) in [6.07, 6.45) is -2.75. The lowest BCUT2D eigenvalue weighted by Gasteiger charge is -2.32. The van der Waals surface area contributed by atoms with Gasteiger partial charge in [-0.1, -0.05) is 30.3 Å². The molecule has 4 rings (SSSR count). The number of halogens is 3. The molecule has 1 aliphatic rings. The van der Waals surface area contributed by atoms with Gasteiger partial charge in [-0.05, 0) is 24.1 Å². The molecule has 0 fully saturated rings. The number of hydrogen-bond donors (Lipinski definition) is 2. The van der Waals surface area contributed by atoms with E-state index in [2.05, 4.69) is 15.7 Å². The van der Waals surface area contributed by atoms with Gasteiger partial charge < -0.3 is 15.1 Å². The standard InChI is InChI=1S/C20H19F3N4O2/c21-20(22,23)17-11-14(16-7-4-10-29-16)25-18-12-15(26-27(17)18)19(28)24-9-8-13-5-2-1-3-6-13/h1-7,10,12,14,17,25H,8-9,11H2,(H,24,28)/t14-,17-/m0/s1. The second-order valence-electron chi connectivity index (χ2n) is 6.86. The summed E-state index contributed by atoms with van der Waals surface area (Å²) in [5, 5.41) is 9.62. The molecule has 0 bridgehead atoms. The van der Waals surface area contributed by atoms with Gasteiger partial charge in [0.05, 0.1) is 12.3 Å². The number of nitrogens with zero attached hydrogens (tertiary/aromatic N) is 2. The minimum Gasteiger partial charge on any atom is -0.467 e. The molecule has 0 spiro atoms. The van der Waals surface area contributed by atoms with Crippen LogP contribution < -0.4 is 10.6 Å². The molecule has 1 amide bonds. The maximum Gasteiger partial charge on any atom is 0.410 e. The Morgan fingerprint density at radius 3 is 2.72 bits per heavy atom. The van der Waals surface area contributed by atoms with Crippen molar-refractivity contribution < 1.29 is 22.4 Å². The molecule has 0 saturated heterocycles. The summed E-state index contributed by atoms with van der Waals surface area (Å²) in [5.41, 5.74) is 0.993. The number of nitrogens with one attached hydrogen (secondary N) is 2. The number of furan rings is 1. The summed E-state index contributed by atoms with van der Waals surface area (Å²) >= 11 is 0. The maximum absolute atomic E-state index is 13.6. The van der Waals surface area contributed by atoms with Crippen molar-refractivity contribution in [3.05, 3.63) is 71.8 Å². The lowest BCUT2D eigenvalue weighted by molar-refractivity contribution is -0.174. The summed E-state index contributed by atoms with van der Waals surface area (Å²) in [6.45, 7) is 0.357. The molecule has 2 N–H and O–H groups in total. The largest absolute Gasteiger partial charge is 0.467 e. The Morgan fingerprint density at radius 1 is 1.24 bits per heavy atom. The van der Waals surface area contributed by atoms with Crippen LogP contribution in [-0.4, -0.2) is 28.4 Å². The van der Waals surface area contributed by atoms with Crippen LogP contribution in [0, 0.1) is 0 Å². The van der Waals surface area contributed by atoms with Crippen LogP contribution in [0.4, 0.5) is 19.0 Å². The molecule has 0 radical (unpaired) electrons. The summed E-state index contributed by atoms with van der Waals surface area (Å²) in [6, 6.07) is 11.7. The van der Waals surface area contributed by atoms with Gasteiger partial charge in [0.15, 0.2) is 11.7 Å². The number of benzene rings is 1. The average Bonchev–Trinajstić information content (AvgIpc) is 3.37. The highest BCUT2D eigenvalue weighted by atomic mass is 19.4. The number of anilines is 1. The first-order valence-corrected chi connectivity index (χ1v) is 9.20. The summed E-state index contributed by atoms with van der Waals surface area (Å²) in [4.78, 5) is 12.4. The number of carbonyl (C=O) groups excluding carboxylic acids is 1. The van der Waals surface area contributed by atoms with Gasteiger partial charge in [-0.15, -0.1) is 0 Å². The summed E-state index contributed by atoms with van der Waals surface area (Å²) in [7, 11) is 0. The third kappa shape index (κ3) is 4.13. The predicted molar refractivity (Wildman–Crippen MR) is 99.5 cm³/mol. The Labute approximate surface area is 164 Å². The summed E-state index contributed by atoms with van der Waals surface area (Å²) < 4.78 is 46.9. The van der Waals surface area contributed by atoms with E-state index in [1.54, 1.807) is 12.1 Å². The fourth-order valence-electron chi connectivity index (χ4n) is 3.42. The summed E-state index contributed by atoms with van der Waals surface area (Å²) in [5.74, 6) is 0.0221. The van der Waals surface area contributed by atoms with E-state index in [0.29, 0.717) is 18.7 Å². The first-order chi connectivity index (χ1) is 13.9. The first kappa shape index (κ1) is 19.1. The van der Waals surface area contributed by atoms with E-state index < -0.39 is 24.2 Å². The normalized spacial score (nSPS) is 18.7. The van der Waals surface area contributed by atoms with Gasteiger partial charge in [-0.3, -0.25) is 4.79 Å². The van der Waals surface area contributed by atoms with Gasteiger partial charge in [0, 0.05) is 19.0 Å². The van der Waals surface area contributed by atoms with Crippen molar-refractivity contribution in [3.8, 4) is 0 Å². The van der Waals surface area contributed by atoms with Crippen LogP contribution in [0.25, 0.3) is 0 Å². The number of rotatable bonds is 5. The number of fused-ring (bicyclic) bond motifs is 1. The van der Waals surface area contributed by atoms with Crippen LogP contribution in [0.15, 0.2) is 59.2 Å². The van der Waals surface area contributed by atoms with Crippen LogP contribution in [0.2, 0.25) is 0 Å². The zero-order valence-electron chi connectivity index (χ0n) is 15.3. The SMILES string of the molecule is O=C(NCCc1ccccc1)c1cc2n(n1)[C@H](C(F)(F)F)C[C@@H](c1ccco1)N2. The number of hydrogen-bond acceptors (Lipinski definition) is 4. The van der Waals surface area contributed by atoms with Crippen LogP contribution >= 0.6 is 0 Å². The lowest BCUT2D eigenvalue weighted by Crippen LogP contribution is -2.35. The van der Waals surface area contributed by atoms with Crippen molar-refractivity contribution in [2.24, 2.45) is 0 Å². The van der Waals surface area contributed by atoms with Crippen LogP contribution in [0.3, 0.4) is 0 Å². The number of amides is 1. The predicted octanol–water partition coefficient (Wildman–Crippen LogP) is 4.11. The molecular weight excluding hydrogens is 385 g/mol. The van der Waals surface area contributed by atoms with Crippen molar-refractivity contribution in [1.82, 2.24) is 15.1 Å². The van der Waals surface area contributed by atoms with Gasteiger partial charge in [0.1, 0.15) is 11.6 Å². The molecular formula is C20H19F3N4O2. The van der Waals surface area contributed by atoms with Crippen molar-refractivity contribution in [2.75, 3.05) is 11.9 Å². The monoisotopic (exact) mass is 404 g/mol. The molecule has 6 nitrogen and oxygen atoms in total. The highest BCUT2D eigenvalue weighted by Crippen LogP contribution is 2.43. The van der Waals surface area contributed by atoms with E-state index >= 15 is 0 Å². The second-order valence-corrected chi connectivity index (χ2v) is 6.86. The Hall–Kier alpha value is -3.23. The van der Waals surface area contributed by atoms with Crippen molar-refractivity contribution in [2.45, 2.75) is 31.1 Å². The van der Waals surface area contributed by atoms with E-state index in [-0.39, 0.29) is 17.9 Å². The van der Waals surface area contributed by atoms with Gasteiger partial charge in [0.25, 0.3) is 5.91 Å². The zero-order chi connectivity index (χ0) is 20.4. The van der Waals surface area contributed by atoms with Crippen molar-refractivity contribution in [1.29, 1.82) is 0 Å². The number of carbonyl (C=O) groups is 1. The molecule has 3 heterocycles. The zero-order valence-corrected chi connectivity index (χ0v) is 15.3. The maximum atomic E-state index is 13.6. The number of aromatic nitrogens is 2. The molecule has 0 unspecified atom stereocenters. The first-order valence-electron chi connectivity index (χ1n) is 9.20. The highest BCUT2D eigenvalue weighted by Gasteiger charge is 2.47. The quantitative estimate of drug-likeness (QED) is 0.671. The molecule has 0 aliphatic carbocycles. The smallest absolute Gasteiger partial charge is 0.410 e. The Kier molecular flexibility index (Phi) is 5.04. The molecule has 0 saturated carbocycles. The average molecular weight is 404 g/mol. The molecule has 9 heteroatoms. The van der Waals surface area contributed by atoms with Gasteiger partial charge >= 0.3 is 6.18 Å². The molecule has 2 atom stereocenters. The van der Waals surface area contributed by atoms with Gasteiger partial charge in [0.2, 0.25) is 0 Å².